The first-order chi connectivity index (χ1) is 12.0. The van der Waals surface area contributed by atoms with Gasteiger partial charge < -0.3 is 9.84 Å². The van der Waals surface area contributed by atoms with Crippen molar-refractivity contribution in [1.82, 2.24) is 0 Å². The van der Waals surface area contributed by atoms with Crippen LogP contribution in [0.4, 0.5) is 5.69 Å². The lowest BCUT2D eigenvalue weighted by atomic mass is 9.76. The first-order valence-corrected chi connectivity index (χ1v) is 8.69. The molecule has 0 aliphatic heterocycles. The number of nitro benzene ring substituents is 1. The Balaban J connectivity index is 2.32. The molecule has 1 aliphatic carbocycles. The van der Waals surface area contributed by atoms with E-state index in [1.54, 1.807) is 24.3 Å². The van der Waals surface area contributed by atoms with Gasteiger partial charge in [-0.3, -0.25) is 10.1 Å². The van der Waals surface area contributed by atoms with Gasteiger partial charge in [-0.15, -0.1) is 0 Å². The Bertz CT molecular complexity index is 800. The molecule has 6 heteroatoms. The fourth-order valence-corrected chi connectivity index (χ4v) is 3.93. The lowest BCUT2D eigenvalue weighted by Gasteiger charge is -2.34. The maximum Gasteiger partial charge on any atom is 0.278 e. The molecule has 0 saturated heterocycles. The molecule has 1 saturated carbocycles. The highest BCUT2D eigenvalue weighted by molar-refractivity contribution is 6.34. The molecule has 132 valence electrons. The highest BCUT2D eigenvalue weighted by Gasteiger charge is 2.36. The maximum absolute atomic E-state index is 11.6. The number of hydrogen-bond donors (Lipinski definition) is 1. The van der Waals surface area contributed by atoms with E-state index in [1.165, 1.54) is 13.2 Å². The van der Waals surface area contributed by atoms with E-state index in [0.29, 0.717) is 35.3 Å². The zero-order valence-corrected chi connectivity index (χ0v) is 14.8. The summed E-state index contributed by atoms with van der Waals surface area (Å²) in [6.45, 7) is 0. The summed E-state index contributed by atoms with van der Waals surface area (Å²) in [5.74, 6) is 0.465. The van der Waals surface area contributed by atoms with E-state index >= 15 is 0 Å². The molecule has 1 N–H and O–H groups in total. The highest BCUT2D eigenvalue weighted by Crippen LogP contribution is 2.48. The molecule has 0 bridgehead atoms. The summed E-state index contributed by atoms with van der Waals surface area (Å²) in [7, 11) is 1.51. The Morgan fingerprint density at radius 1 is 1.12 bits per heavy atom. The average molecular weight is 362 g/mol. The molecule has 3 rings (SSSR count). The summed E-state index contributed by atoms with van der Waals surface area (Å²) in [5.41, 5.74) is 0.308. The molecule has 5 nitrogen and oxygen atoms in total. The van der Waals surface area contributed by atoms with Crippen molar-refractivity contribution < 1.29 is 14.8 Å². The minimum absolute atomic E-state index is 0.0994. The zero-order chi connectivity index (χ0) is 18.0. The van der Waals surface area contributed by atoms with Gasteiger partial charge >= 0.3 is 0 Å². The molecule has 25 heavy (non-hydrogen) atoms. The average Bonchev–Trinajstić information content (AvgIpc) is 2.61. The Hall–Kier alpha value is -2.11. The molecule has 0 heterocycles. The van der Waals surface area contributed by atoms with E-state index in [2.05, 4.69) is 0 Å². The van der Waals surface area contributed by atoms with Crippen LogP contribution >= 0.6 is 11.6 Å². The van der Waals surface area contributed by atoms with Crippen LogP contribution in [-0.4, -0.2) is 17.1 Å². The molecule has 2 aromatic rings. The topological polar surface area (TPSA) is 72.6 Å². The third-order valence-electron chi connectivity index (χ3n) is 4.87. The van der Waals surface area contributed by atoms with Crippen molar-refractivity contribution in [1.29, 1.82) is 0 Å². The van der Waals surface area contributed by atoms with Gasteiger partial charge in [0.1, 0.15) is 5.75 Å². The Morgan fingerprint density at radius 3 is 2.44 bits per heavy atom. The number of nitrogens with zero attached hydrogens (tertiary/aromatic N) is 1. The van der Waals surface area contributed by atoms with Crippen molar-refractivity contribution in [3.63, 3.8) is 0 Å². The predicted octanol–water partition coefficient (Wildman–Crippen LogP) is 5.08. The Kier molecular flexibility index (Phi) is 4.97. The van der Waals surface area contributed by atoms with Crippen LogP contribution in [0.5, 0.6) is 5.75 Å². The van der Waals surface area contributed by atoms with Crippen molar-refractivity contribution in [2.75, 3.05) is 7.11 Å². The Labute approximate surface area is 151 Å². The van der Waals surface area contributed by atoms with Gasteiger partial charge in [-0.2, -0.15) is 0 Å². The fourth-order valence-electron chi connectivity index (χ4n) is 3.67. The van der Waals surface area contributed by atoms with Crippen LogP contribution in [0.2, 0.25) is 5.02 Å². The van der Waals surface area contributed by atoms with Gasteiger partial charge in [-0.1, -0.05) is 49.1 Å². The molecule has 0 spiro atoms. The van der Waals surface area contributed by atoms with Gasteiger partial charge in [0.2, 0.25) is 0 Å². The molecule has 1 aliphatic rings. The van der Waals surface area contributed by atoms with Crippen LogP contribution in [0.15, 0.2) is 36.4 Å². The maximum atomic E-state index is 11.6. The summed E-state index contributed by atoms with van der Waals surface area (Å²) in [5, 5.41) is 23.1. The van der Waals surface area contributed by atoms with Crippen molar-refractivity contribution in [2.45, 2.75) is 37.7 Å². The molecule has 0 unspecified atom stereocenters. The zero-order valence-electron chi connectivity index (χ0n) is 14.0. The SMILES string of the molecule is COc1cccc(C2(O)CCCCC2)c1-c1c(Cl)cccc1[N+](=O)[O-]. The van der Waals surface area contributed by atoms with E-state index < -0.39 is 10.5 Å². The molecular formula is C19H20ClNO4. The number of hydrogen-bond acceptors (Lipinski definition) is 4. The third-order valence-corrected chi connectivity index (χ3v) is 5.18. The van der Waals surface area contributed by atoms with Gasteiger partial charge in [0, 0.05) is 11.6 Å². The quantitative estimate of drug-likeness (QED) is 0.609. The molecule has 2 aromatic carbocycles. The monoisotopic (exact) mass is 361 g/mol. The van der Waals surface area contributed by atoms with Gasteiger partial charge in [-0.25, -0.2) is 0 Å². The summed E-state index contributed by atoms with van der Waals surface area (Å²) in [6.07, 6.45) is 4.14. The van der Waals surface area contributed by atoms with Gasteiger partial charge in [0.25, 0.3) is 5.69 Å². The van der Waals surface area contributed by atoms with Crippen molar-refractivity contribution in [3.8, 4) is 16.9 Å². The first-order valence-electron chi connectivity index (χ1n) is 8.31. The van der Waals surface area contributed by atoms with E-state index in [0.717, 1.165) is 19.3 Å². The molecule has 0 amide bonds. The number of methoxy groups -OCH3 is 1. The molecule has 0 atom stereocenters. The van der Waals surface area contributed by atoms with Crippen LogP contribution in [0.1, 0.15) is 37.7 Å². The van der Waals surface area contributed by atoms with Crippen LogP contribution < -0.4 is 4.74 Å². The molecule has 0 radical (unpaired) electrons. The van der Waals surface area contributed by atoms with Crippen molar-refractivity contribution >= 4 is 17.3 Å². The fraction of sp³-hybridized carbons (Fsp3) is 0.368. The molecular weight excluding hydrogens is 342 g/mol. The van der Waals surface area contributed by atoms with Gasteiger partial charge in [0.05, 0.1) is 28.2 Å². The van der Waals surface area contributed by atoms with Crippen molar-refractivity contribution in [2.24, 2.45) is 0 Å². The second kappa shape index (κ2) is 7.02. The standard InChI is InChI=1S/C19H20ClNO4/c1-25-16-10-5-7-13(19(22)11-3-2-4-12-19)17(16)18-14(20)8-6-9-15(18)21(23)24/h5-10,22H,2-4,11-12H2,1H3. The summed E-state index contributed by atoms with van der Waals surface area (Å²) in [6, 6.07) is 9.93. The summed E-state index contributed by atoms with van der Waals surface area (Å²) >= 11 is 6.35. The van der Waals surface area contributed by atoms with Crippen LogP contribution in [0.25, 0.3) is 11.1 Å². The number of ether oxygens (including phenoxy) is 1. The minimum atomic E-state index is -1.03. The predicted molar refractivity (Wildman–Crippen MR) is 97.1 cm³/mol. The van der Waals surface area contributed by atoms with E-state index in [9.17, 15) is 15.2 Å². The molecule has 0 aromatic heterocycles. The van der Waals surface area contributed by atoms with Crippen LogP contribution in [0, 0.1) is 10.1 Å². The Morgan fingerprint density at radius 2 is 1.80 bits per heavy atom. The highest BCUT2D eigenvalue weighted by atomic mass is 35.5. The normalized spacial score (nSPS) is 16.4. The summed E-state index contributed by atoms with van der Waals surface area (Å²) < 4.78 is 5.47. The number of rotatable bonds is 4. The van der Waals surface area contributed by atoms with Crippen molar-refractivity contribution in [3.05, 3.63) is 57.1 Å². The van der Waals surface area contributed by atoms with E-state index in [4.69, 9.17) is 16.3 Å². The first kappa shape index (κ1) is 17.7. The lowest BCUT2D eigenvalue weighted by Crippen LogP contribution is -2.29. The largest absolute Gasteiger partial charge is 0.496 e. The smallest absolute Gasteiger partial charge is 0.278 e. The number of aliphatic hydroxyl groups is 1. The van der Waals surface area contributed by atoms with Gasteiger partial charge in [0.15, 0.2) is 0 Å². The number of halogens is 1. The van der Waals surface area contributed by atoms with E-state index in [-0.39, 0.29) is 10.7 Å². The summed E-state index contributed by atoms with van der Waals surface area (Å²) in [4.78, 5) is 11.1. The second-order valence-electron chi connectivity index (χ2n) is 6.37. The van der Waals surface area contributed by atoms with Gasteiger partial charge in [-0.05, 0) is 30.5 Å². The minimum Gasteiger partial charge on any atom is -0.496 e. The third kappa shape index (κ3) is 3.22. The van der Waals surface area contributed by atoms with E-state index in [1.807, 2.05) is 6.07 Å². The lowest BCUT2D eigenvalue weighted by molar-refractivity contribution is -0.384. The van der Waals surface area contributed by atoms with Crippen LogP contribution in [-0.2, 0) is 5.60 Å². The van der Waals surface area contributed by atoms with Crippen LogP contribution in [0.3, 0.4) is 0 Å². The number of benzene rings is 2. The molecule has 1 fully saturated rings. The number of nitro groups is 1. The second-order valence-corrected chi connectivity index (χ2v) is 6.77.